The molecule has 4 rings (SSSR count). The molecule has 1 aliphatic carbocycles. The topological polar surface area (TPSA) is 12.9 Å². The van der Waals surface area contributed by atoms with E-state index in [0.29, 0.717) is 0 Å². The van der Waals surface area contributed by atoms with Crippen molar-refractivity contribution in [1.29, 1.82) is 0 Å². The normalized spacial score (nSPS) is 14.1. The van der Waals surface area contributed by atoms with Crippen molar-refractivity contribution >= 4 is 10.9 Å². The van der Waals surface area contributed by atoms with Gasteiger partial charge in [-0.25, -0.2) is 0 Å². The summed E-state index contributed by atoms with van der Waals surface area (Å²) in [5.41, 5.74) is 7.98. The maximum absolute atomic E-state index is 4.94. The second-order valence-electron chi connectivity index (χ2n) is 6.01. The molecule has 2 aromatic carbocycles. The third kappa shape index (κ3) is 2.13. The molecule has 0 atom stereocenters. The Morgan fingerprint density at radius 3 is 2.57 bits per heavy atom. The van der Waals surface area contributed by atoms with Gasteiger partial charge in [0.05, 0.1) is 5.52 Å². The Kier molecular flexibility index (Phi) is 2.99. The van der Waals surface area contributed by atoms with Gasteiger partial charge in [0.2, 0.25) is 0 Å². The highest BCUT2D eigenvalue weighted by atomic mass is 14.7. The highest BCUT2D eigenvalue weighted by Gasteiger charge is 2.19. The number of aryl methyl sites for hydroxylation is 2. The third-order valence-corrected chi connectivity index (χ3v) is 4.48. The Balaban J connectivity index is 2.11. The maximum atomic E-state index is 4.94. The SMILES string of the molecule is Cc1ccc2nc3c(c(-c4ccccc4)c2c1)CCCC3. The fraction of sp³-hybridized carbons (Fsp3) is 0.250. The molecule has 104 valence electrons. The molecule has 3 aromatic rings. The maximum Gasteiger partial charge on any atom is 0.0711 e. The first-order valence-corrected chi connectivity index (χ1v) is 7.80. The van der Waals surface area contributed by atoms with Crippen molar-refractivity contribution in [3.05, 3.63) is 65.4 Å². The summed E-state index contributed by atoms with van der Waals surface area (Å²) in [7, 11) is 0. The summed E-state index contributed by atoms with van der Waals surface area (Å²) in [6.07, 6.45) is 4.84. The van der Waals surface area contributed by atoms with Gasteiger partial charge in [-0.2, -0.15) is 0 Å². The van der Waals surface area contributed by atoms with Crippen LogP contribution >= 0.6 is 0 Å². The van der Waals surface area contributed by atoms with Crippen LogP contribution in [0.1, 0.15) is 29.7 Å². The molecule has 1 heteroatoms. The van der Waals surface area contributed by atoms with Gasteiger partial charge < -0.3 is 0 Å². The van der Waals surface area contributed by atoms with Crippen molar-refractivity contribution in [2.45, 2.75) is 32.6 Å². The largest absolute Gasteiger partial charge is 0.253 e. The lowest BCUT2D eigenvalue weighted by atomic mass is 9.86. The van der Waals surface area contributed by atoms with Crippen LogP contribution in [0.15, 0.2) is 48.5 Å². The zero-order chi connectivity index (χ0) is 14.2. The van der Waals surface area contributed by atoms with Crippen molar-refractivity contribution < 1.29 is 0 Å². The number of pyridine rings is 1. The Morgan fingerprint density at radius 1 is 0.905 bits per heavy atom. The van der Waals surface area contributed by atoms with E-state index in [4.69, 9.17) is 4.98 Å². The van der Waals surface area contributed by atoms with E-state index in [1.807, 2.05) is 0 Å². The van der Waals surface area contributed by atoms with Crippen LogP contribution < -0.4 is 0 Å². The summed E-state index contributed by atoms with van der Waals surface area (Å²) in [6, 6.07) is 17.4. The van der Waals surface area contributed by atoms with Crippen LogP contribution in [-0.4, -0.2) is 4.98 Å². The minimum atomic E-state index is 1.12. The average molecular weight is 273 g/mol. The number of aromatic nitrogens is 1. The molecule has 21 heavy (non-hydrogen) atoms. The fourth-order valence-corrected chi connectivity index (χ4v) is 3.47. The predicted octanol–water partition coefficient (Wildman–Crippen LogP) is 5.09. The molecule has 0 N–H and O–H groups in total. The zero-order valence-electron chi connectivity index (χ0n) is 12.4. The molecule has 0 spiro atoms. The van der Waals surface area contributed by atoms with E-state index in [1.54, 1.807) is 0 Å². The molecule has 0 unspecified atom stereocenters. The van der Waals surface area contributed by atoms with E-state index < -0.39 is 0 Å². The first-order chi connectivity index (χ1) is 10.3. The Morgan fingerprint density at radius 2 is 1.71 bits per heavy atom. The van der Waals surface area contributed by atoms with Crippen LogP contribution in [0.2, 0.25) is 0 Å². The van der Waals surface area contributed by atoms with Crippen LogP contribution in [0.25, 0.3) is 22.0 Å². The lowest BCUT2D eigenvalue weighted by molar-refractivity contribution is 0.672. The molecule has 0 saturated heterocycles. The van der Waals surface area contributed by atoms with Gasteiger partial charge in [-0.05, 0) is 61.4 Å². The van der Waals surface area contributed by atoms with Gasteiger partial charge in [0.1, 0.15) is 0 Å². The number of hydrogen-bond acceptors (Lipinski definition) is 1. The number of nitrogens with zero attached hydrogens (tertiary/aromatic N) is 1. The van der Waals surface area contributed by atoms with Gasteiger partial charge in [-0.3, -0.25) is 4.98 Å². The van der Waals surface area contributed by atoms with Gasteiger partial charge >= 0.3 is 0 Å². The van der Waals surface area contributed by atoms with Gasteiger partial charge in [-0.15, -0.1) is 0 Å². The van der Waals surface area contributed by atoms with E-state index in [2.05, 4.69) is 55.5 Å². The predicted molar refractivity (Wildman–Crippen MR) is 88.6 cm³/mol. The molecular formula is C20H19N. The first-order valence-electron chi connectivity index (χ1n) is 7.80. The molecule has 0 fully saturated rings. The van der Waals surface area contributed by atoms with E-state index in [9.17, 15) is 0 Å². The fourth-order valence-electron chi connectivity index (χ4n) is 3.47. The van der Waals surface area contributed by atoms with E-state index in [0.717, 1.165) is 18.4 Å². The molecule has 1 aliphatic rings. The Bertz CT molecular complexity index is 803. The van der Waals surface area contributed by atoms with Crippen molar-refractivity contribution in [3.63, 3.8) is 0 Å². The summed E-state index contributed by atoms with van der Waals surface area (Å²) in [5.74, 6) is 0. The monoisotopic (exact) mass is 273 g/mol. The van der Waals surface area contributed by atoms with Crippen LogP contribution in [0.4, 0.5) is 0 Å². The summed E-state index contributed by atoms with van der Waals surface area (Å²) < 4.78 is 0. The smallest absolute Gasteiger partial charge is 0.0711 e. The van der Waals surface area contributed by atoms with Crippen molar-refractivity contribution in [1.82, 2.24) is 4.98 Å². The van der Waals surface area contributed by atoms with Gasteiger partial charge in [0.25, 0.3) is 0 Å². The van der Waals surface area contributed by atoms with Crippen LogP contribution in [0.3, 0.4) is 0 Å². The second kappa shape index (κ2) is 5.00. The van der Waals surface area contributed by atoms with E-state index in [1.165, 1.54) is 46.2 Å². The molecule has 0 saturated carbocycles. The van der Waals surface area contributed by atoms with Gasteiger partial charge in [0, 0.05) is 11.1 Å². The zero-order valence-corrected chi connectivity index (χ0v) is 12.4. The quantitative estimate of drug-likeness (QED) is 0.602. The number of hydrogen-bond donors (Lipinski definition) is 0. The Hall–Kier alpha value is -2.15. The molecule has 1 nitrogen and oxygen atoms in total. The number of fused-ring (bicyclic) bond motifs is 2. The van der Waals surface area contributed by atoms with Crippen LogP contribution in [0, 0.1) is 6.92 Å². The molecule has 0 amide bonds. The van der Waals surface area contributed by atoms with Crippen molar-refractivity contribution in [3.8, 4) is 11.1 Å². The van der Waals surface area contributed by atoms with E-state index >= 15 is 0 Å². The highest BCUT2D eigenvalue weighted by Crippen LogP contribution is 2.36. The molecule has 0 aliphatic heterocycles. The lowest BCUT2D eigenvalue weighted by Crippen LogP contribution is -2.08. The van der Waals surface area contributed by atoms with Gasteiger partial charge in [0.15, 0.2) is 0 Å². The third-order valence-electron chi connectivity index (χ3n) is 4.48. The minimum absolute atomic E-state index is 1.12. The second-order valence-corrected chi connectivity index (χ2v) is 6.01. The molecule has 0 bridgehead atoms. The first kappa shape index (κ1) is 12.6. The summed E-state index contributed by atoms with van der Waals surface area (Å²) in [6.45, 7) is 2.16. The summed E-state index contributed by atoms with van der Waals surface area (Å²) in [5, 5.41) is 1.31. The van der Waals surface area contributed by atoms with Crippen molar-refractivity contribution in [2.24, 2.45) is 0 Å². The Labute approximate surface area is 125 Å². The average Bonchev–Trinajstić information content (AvgIpc) is 2.53. The van der Waals surface area contributed by atoms with Crippen LogP contribution in [0.5, 0.6) is 0 Å². The van der Waals surface area contributed by atoms with Crippen molar-refractivity contribution in [2.75, 3.05) is 0 Å². The van der Waals surface area contributed by atoms with Gasteiger partial charge in [-0.1, -0.05) is 42.0 Å². The molecule has 1 heterocycles. The molecular weight excluding hydrogens is 254 g/mol. The number of benzene rings is 2. The standard InChI is InChI=1S/C20H19N/c1-14-11-12-19-17(13-14)20(15-7-3-2-4-8-15)16-9-5-6-10-18(16)21-19/h2-4,7-8,11-13H,5-6,9-10H2,1H3. The summed E-state index contributed by atoms with van der Waals surface area (Å²) >= 11 is 0. The lowest BCUT2D eigenvalue weighted by Gasteiger charge is -2.21. The highest BCUT2D eigenvalue weighted by molar-refractivity contribution is 5.97. The summed E-state index contributed by atoms with van der Waals surface area (Å²) in [4.78, 5) is 4.94. The number of rotatable bonds is 1. The van der Waals surface area contributed by atoms with E-state index in [-0.39, 0.29) is 0 Å². The minimum Gasteiger partial charge on any atom is -0.253 e. The molecule has 0 radical (unpaired) electrons. The molecule has 1 aromatic heterocycles. The van der Waals surface area contributed by atoms with Crippen LogP contribution in [-0.2, 0) is 12.8 Å².